The monoisotopic (exact) mass is 257 g/mol. The summed E-state index contributed by atoms with van der Waals surface area (Å²) in [6.07, 6.45) is 5.68. The van der Waals surface area contributed by atoms with Crippen LogP contribution in [0.15, 0.2) is 30.3 Å². The summed E-state index contributed by atoms with van der Waals surface area (Å²) in [6, 6.07) is 9.48. The number of ether oxygens (including phenoxy) is 1. The minimum Gasteiger partial charge on any atom is -0.447 e. The fourth-order valence-electron chi connectivity index (χ4n) is 2.10. The molecule has 1 aliphatic heterocycles. The van der Waals surface area contributed by atoms with Crippen LogP contribution < -0.4 is 0 Å². The summed E-state index contributed by atoms with van der Waals surface area (Å²) in [5.41, 5.74) is 1.07. The van der Waals surface area contributed by atoms with E-state index in [1.165, 1.54) is 4.90 Å². The third kappa shape index (κ3) is 3.14. The van der Waals surface area contributed by atoms with Crippen LogP contribution in [-0.4, -0.2) is 29.5 Å². The molecular weight excluding hydrogens is 242 g/mol. The van der Waals surface area contributed by atoms with E-state index in [-0.39, 0.29) is 25.0 Å². The minimum atomic E-state index is -0.567. The van der Waals surface area contributed by atoms with Crippen molar-refractivity contribution in [3.63, 3.8) is 0 Å². The number of terminal acetylenes is 1. The van der Waals surface area contributed by atoms with Crippen molar-refractivity contribution >= 4 is 12.0 Å². The van der Waals surface area contributed by atoms with Crippen molar-refractivity contribution in [2.75, 3.05) is 6.61 Å². The van der Waals surface area contributed by atoms with Crippen LogP contribution in [0, 0.1) is 12.3 Å². The molecule has 4 nitrogen and oxygen atoms in total. The van der Waals surface area contributed by atoms with Gasteiger partial charge in [0.1, 0.15) is 6.61 Å². The molecule has 0 bridgehead atoms. The van der Waals surface area contributed by atoms with Crippen LogP contribution in [0.4, 0.5) is 4.79 Å². The van der Waals surface area contributed by atoms with Gasteiger partial charge in [-0.25, -0.2) is 9.69 Å². The second-order valence-electron chi connectivity index (χ2n) is 4.39. The first-order chi connectivity index (χ1) is 9.22. The second kappa shape index (κ2) is 6.05. The van der Waals surface area contributed by atoms with Crippen LogP contribution in [0.1, 0.15) is 18.4 Å². The van der Waals surface area contributed by atoms with Crippen LogP contribution in [0.25, 0.3) is 0 Å². The van der Waals surface area contributed by atoms with Crippen LogP contribution in [-0.2, 0) is 16.0 Å². The molecule has 0 aliphatic carbocycles. The Morgan fingerprint density at radius 1 is 1.42 bits per heavy atom. The summed E-state index contributed by atoms with van der Waals surface area (Å²) in [5.74, 6) is 2.14. The third-order valence-electron chi connectivity index (χ3n) is 3.03. The molecule has 1 fully saturated rings. The lowest BCUT2D eigenvalue weighted by Crippen LogP contribution is -2.40. The van der Waals surface area contributed by atoms with Gasteiger partial charge in [0.05, 0.1) is 6.04 Å². The molecule has 0 N–H and O–H groups in total. The predicted octanol–water partition coefficient (Wildman–Crippen LogP) is 1.99. The van der Waals surface area contributed by atoms with Gasteiger partial charge in [-0.15, -0.1) is 12.3 Å². The van der Waals surface area contributed by atoms with Crippen LogP contribution in [0.3, 0.4) is 0 Å². The Balaban J connectivity index is 2.05. The lowest BCUT2D eigenvalue weighted by atomic mass is 10.1. The normalized spacial score (nSPS) is 17.9. The Kier molecular flexibility index (Phi) is 4.19. The van der Waals surface area contributed by atoms with Gasteiger partial charge in [0.2, 0.25) is 5.91 Å². The van der Waals surface area contributed by atoms with Gasteiger partial charge in [-0.2, -0.15) is 0 Å². The zero-order chi connectivity index (χ0) is 13.7. The molecule has 0 unspecified atom stereocenters. The smallest absolute Gasteiger partial charge is 0.416 e. The van der Waals surface area contributed by atoms with E-state index in [2.05, 4.69) is 5.92 Å². The maximum Gasteiger partial charge on any atom is 0.416 e. The number of amides is 2. The fraction of sp³-hybridized carbons (Fsp3) is 0.333. The minimum absolute atomic E-state index is 0.177. The summed E-state index contributed by atoms with van der Waals surface area (Å²) in [6.45, 7) is 0.246. The third-order valence-corrected chi connectivity index (χ3v) is 3.03. The highest BCUT2D eigenvalue weighted by Crippen LogP contribution is 2.18. The number of carbonyl (C=O) groups excluding carboxylic acids is 2. The molecule has 4 heteroatoms. The average molecular weight is 257 g/mol. The summed E-state index contributed by atoms with van der Waals surface area (Å²) in [7, 11) is 0. The molecule has 1 aromatic carbocycles. The van der Waals surface area contributed by atoms with E-state index in [1.807, 2.05) is 30.3 Å². The van der Waals surface area contributed by atoms with Crippen molar-refractivity contribution < 1.29 is 14.3 Å². The van der Waals surface area contributed by atoms with Crippen molar-refractivity contribution in [3.05, 3.63) is 35.9 Å². The van der Waals surface area contributed by atoms with E-state index in [4.69, 9.17) is 11.2 Å². The summed E-state index contributed by atoms with van der Waals surface area (Å²) < 4.78 is 4.97. The number of hydrogen-bond acceptors (Lipinski definition) is 3. The van der Waals surface area contributed by atoms with E-state index >= 15 is 0 Å². The SMILES string of the molecule is C#CCCC(=O)N1C(=O)OC[C@@H]1Cc1ccccc1. The Morgan fingerprint density at radius 3 is 2.84 bits per heavy atom. The van der Waals surface area contributed by atoms with Crippen molar-refractivity contribution in [2.24, 2.45) is 0 Å². The molecule has 1 atom stereocenters. The number of benzene rings is 1. The van der Waals surface area contributed by atoms with E-state index < -0.39 is 6.09 Å². The Labute approximate surface area is 112 Å². The highest BCUT2D eigenvalue weighted by molar-refractivity contribution is 5.93. The highest BCUT2D eigenvalue weighted by atomic mass is 16.6. The van der Waals surface area contributed by atoms with E-state index in [0.717, 1.165) is 5.56 Å². The first kappa shape index (κ1) is 13.2. The standard InChI is InChI=1S/C15H15NO3/c1-2-3-9-14(17)16-13(11-19-15(16)18)10-12-7-5-4-6-8-12/h1,4-8,13H,3,9-11H2/t13-/m0/s1. The molecule has 2 rings (SSSR count). The van der Waals surface area contributed by atoms with Crippen LogP contribution in [0.5, 0.6) is 0 Å². The van der Waals surface area contributed by atoms with Gasteiger partial charge < -0.3 is 4.74 Å². The molecule has 2 amide bonds. The van der Waals surface area contributed by atoms with E-state index in [1.54, 1.807) is 0 Å². The molecule has 19 heavy (non-hydrogen) atoms. The summed E-state index contributed by atoms with van der Waals surface area (Å²) >= 11 is 0. The molecular formula is C15H15NO3. The number of imide groups is 1. The summed E-state index contributed by atoms with van der Waals surface area (Å²) in [5, 5.41) is 0. The Bertz CT molecular complexity index is 504. The van der Waals surface area contributed by atoms with Crippen molar-refractivity contribution in [1.82, 2.24) is 4.90 Å². The van der Waals surface area contributed by atoms with Gasteiger partial charge in [0.25, 0.3) is 0 Å². The predicted molar refractivity (Wildman–Crippen MR) is 70.2 cm³/mol. The Hall–Kier alpha value is -2.28. The van der Waals surface area contributed by atoms with Crippen molar-refractivity contribution in [3.8, 4) is 12.3 Å². The largest absolute Gasteiger partial charge is 0.447 e. The van der Waals surface area contributed by atoms with Gasteiger partial charge in [0.15, 0.2) is 0 Å². The lowest BCUT2D eigenvalue weighted by Gasteiger charge is -2.19. The zero-order valence-electron chi connectivity index (χ0n) is 10.5. The number of hydrogen-bond donors (Lipinski definition) is 0. The number of nitrogens with zero attached hydrogens (tertiary/aromatic N) is 1. The molecule has 0 saturated carbocycles. The van der Waals surface area contributed by atoms with Gasteiger partial charge in [-0.05, 0) is 12.0 Å². The van der Waals surface area contributed by atoms with Crippen LogP contribution >= 0.6 is 0 Å². The van der Waals surface area contributed by atoms with Crippen molar-refractivity contribution in [2.45, 2.75) is 25.3 Å². The molecule has 98 valence electrons. The molecule has 0 spiro atoms. The molecule has 1 heterocycles. The molecule has 1 saturated heterocycles. The zero-order valence-corrected chi connectivity index (χ0v) is 10.5. The maximum atomic E-state index is 11.9. The molecule has 1 aromatic rings. The topological polar surface area (TPSA) is 46.6 Å². The average Bonchev–Trinajstić information content (AvgIpc) is 2.78. The molecule has 0 aromatic heterocycles. The van der Waals surface area contributed by atoms with Gasteiger partial charge in [-0.3, -0.25) is 4.79 Å². The number of rotatable bonds is 4. The van der Waals surface area contributed by atoms with Crippen molar-refractivity contribution in [1.29, 1.82) is 0 Å². The number of carbonyl (C=O) groups is 2. The first-order valence-corrected chi connectivity index (χ1v) is 6.18. The maximum absolute atomic E-state index is 11.9. The molecule has 1 aliphatic rings. The number of cyclic esters (lactones) is 1. The van der Waals surface area contributed by atoms with E-state index in [9.17, 15) is 9.59 Å². The van der Waals surface area contributed by atoms with Gasteiger partial charge in [-0.1, -0.05) is 30.3 Å². The van der Waals surface area contributed by atoms with Gasteiger partial charge >= 0.3 is 6.09 Å². The van der Waals surface area contributed by atoms with Gasteiger partial charge in [0, 0.05) is 12.8 Å². The first-order valence-electron chi connectivity index (χ1n) is 6.18. The Morgan fingerprint density at radius 2 is 2.16 bits per heavy atom. The molecule has 0 radical (unpaired) electrons. The lowest BCUT2D eigenvalue weighted by molar-refractivity contribution is -0.129. The quantitative estimate of drug-likeness (QED) is 0.775. The summed E-state index contributed by atoms with van der Waals surface area (Å²) in [4.78, 5) is 24.8. The van der Waals surface area contributed by atoms with E-state index in [0.29, 0.717) is 12.8 Å². The fourth-order valence-corrected chi connectivity index (χ4v) is 2.10. The second-order valence-corrected chi connectivity index (χ2v) is 4.39. The highest BCUT2D eigenvalue weighted by Gasteiger charge is 2.37. The van der Waals surface area contributed by atoms with Crippen LogP contribution in [0.2, 0.25) is 0 Å².